The van der Waals surface area contributed by atoms with E-state index in [-0.39, 0.29) is 18.9 Å². The Balaban J connectivity index is 1.64. The van der Waals surface area contributed by atoms with Crippen molar-refractivity contribution < 1.29 is 13.2 Å². The van der Waals surface area contributed by atoms with Crippen molar-refractivity contribution in [3.05, 3.63) is 30.1 Å². The molecule has 23 heavy (non-hydrogen) atoms. The summed E-state index contributed by atoms with van der Waals surface area (Å²) in [6.07, 6.45) is -0.750. The quantitative estimate of drug-likeness (QED) is 0.938. The van der Waals surface area contributed by atoms with E-state index in [2.05, 4.69) is 20.6 Å². The summed E-state index contributed by atoms with van der Waals surface area (Å²) in [6, 6.07) is 5.10. The summed E-state index contributed by atoms with van der Waals surface area (Å²) in [7, 11) is 0. The van der Waals surface area contributed by atoms with E-state index in [9.17, 15) is 13.2 Å². The molecule has 2 aromatic heterocycles. The molecule has 1 aliphatic rings. The summed E-state index contributed by atoms with van der Waals surface area (Å²) in [5, 5.41) is 15.4. The maximum Gasteiger partial charge on any atom is 0.391 e. The third-order valence-electron chi connectivity index (χ3n) is 4.10. The van der Waals surface area contributed by atoms with Gasteiger partial charge in [-0.2, -0.15) is 18.3 Å². The molecule has 2 atom stereocenters. The predicted octanol–water partition coefficient (Wildman–Crippen LogP) is 3.50. The van der Waals surface area contributed by atoms with Crippen molar-refractivity contribution in [3.63, 3.8) is 0 Å². The van der Waals surface area contributed by atoms with Crippen molar-refractivity contribution in [3.8, 4) is 5.82 Å². The van der Waals surface area contributed by atoms with Crippen LogP contribution in [0.5, 0.6) is 0 Å². The molecule has 2 unspecified atom stereocenters. The second kappa shape index (κ2) is 6.17. The number of nitrogens with one attached hydrogen (secondary N) is 1. The number of aryl methyl sites for hydroxylation is 1. The lowest BCUT2D eigenvalue weighted by molar-refractivity contribution is -0.182. The fourth-order valence-electron chi connectivity index (χ4n) is 2.89. The van der Waals surface area contributed by atoms with E-state index in [1.807, 2.05) is 13.0 Å². The van der Waals surface area contributed by atoms with Gasteiger partial charge in [-0.3, -0.25) is 0 Å². The summed E-state index contributed by atoms with van der Waals surface area (Å²) < 4.78 is 40.1. The van der Waals surface area contributed by atoms with E-state index in [1.54, 1.807) is 23.0 Å². The fourth-order valence-corrected chi connectivity index (χ4v) is 2.89. The van der Waals surface area contributed by atoms with E-state index in [0.717, 1.165) is 5.69 Å². The number of nitrogens with zero attached hydrogens (tertiary/aromatic N) is 4. The molecule has 1 fully saturated rings. The van der Waals surface area contributed by atoms with Gasteiger partial charge in [0.05, 0.1) is 11.6 Å². The Morgan fingerprint density at radius 3 is 2.61 bits per heavy atom. The second-order valence-corrected chi connectivity index (χ2v) is 5.92. The summed E-state index contributed by atoms with van der Waals surface area (Å²) in [6.45, 7) is 1.87. The van der Waals surface area contributed by atoms with Crippen LogP contribution < -0.4 is 5.32 Å². The normalized spacial score (nSPS) is 22.1. The Kier molecular flexibility index (Phi) is 4.23. The Bertz CT molecular complexity index is 650. The van der Waals surface area contributed by atoms with Crippen molar-refractivity contribution in [1.82, 2.24) is 20.0 Å². The SMILES string of the molecule is Cc1ccn(-c2ccc(NC3CCCC(C(F)(F)F)C3)nn2)n1. The lowest BCUT2D eigenvalue weighted by atomic mass is 9.85. The average Bonchev–Trinajstić information content (AvgIpc) is 2.94. The predicted molar refractivity (Wildman–Crippen MR) is 79.3 cm³/mol. The Morgan fingerprint density at radius 1 is 1.17 bits per heavy atom. The first-order valence-electron chi connectivity index (χ1n) is 7.61. The molecule has 2 aromatic rings. The Labute approximate surface area is 131 Å². The first-order chi connectivity index (χ1) is 10.9. The van der Waals surface area contributed by atoms with Crippen LogP contribution in [0, 0.1) is 12.8 Å². The zero-order chi connectivity index (χ0) is 16.4. The van der Waals surface area contributed by atoms with Gasteiger partial charge in [0.15, 0.2) is 5.82 Å². The zero-order valence-electron chi connectivity index (χ0n) is 12.7. The average molecular weight is 325 g/mol. The van der Waals surface area contributed by atoms with Crippen molar-refractivity contribution in [2.75, 3.05) is 5.32 Å². The van der Waals surface area contributed by atoms with Crippen LogP contribution >= 0.6 is 0 Å². The molecule has 8 heteroatoms. The van der Waals surface area contributed by atoms with Crippen molar-refractivity contribution in [1.29, 1.82) is 0 Å². The van der Waals surface area contributed by atoms with Crippen molar-refractivity contribution in [2.24, 2.45) is 5.92 Å². The van der Waals surface area contributed by atoms with Gasteiger partial charge in [0.1, 0.15) is 5.82 Å². The molecule has 0 radical (unpaired) electrons. The molecule has 124 valence electrons. The topological polar surface area (TPSA) is 55.6 Å². The van der Waals surface area contributed by atoms with Crippen LogP contribution in [0.15, 0.2) is 24.4 Å². The highest BCUT2D eigenvalue weighted by atomic mass is 19.4. The Morgan fingerprint density at radius 2 is 2.00 bits per heavy atom. The minimum atomic E-state index is -4.12. The zero-order valence-corrected chi connectivity index (χ0v) is 12.7. The lowest BCUT2D eigenvalue weighted by Gasteiger charge is -2.31. The third kappa shape index (κ3) is 3.80. The molecule has 5 nitrogen and oxygen atoms in total. The molecule has 0 amide bonds. The summed E-state index contributed by atoms with van der Waals surface area (Å²) >= 11 is 0. The monoisotopic (exact) mass is 325 g/mol. The molecule has 0 spiro atoms. The molecule has 2 heterocycles. The van der Waals surface area contributed by atoms with Crippen molar-refractivity contribution >= 4 is 5.82 Å². The minimum absolute atomic E-state index is 0.0886. The molecular weight excluding hydrogens is 307 g/mol. The maximum atomic E-state index is 12.8. The number of alkyl halides is 3. The molecule has 1 N–H and O–H groups in total. The van der Waals surface area contributed by atoms with Gasteiger partial charge in [-0.15, -0.1) is 10.2 Å². The molecule has 3 rings (SSSR count). The number of hydrogen-bond acceptors (Lipinski definition) is 4. The Hall–Kier alpha value is -2.12. The van der Waals surface area contributed by atoms with E-state index in [1.165, 1.54) is 0 Å². The van der Waals surface area contributed by atoms with Crippen LogP contribution in [0.4, 0.5) is 19.0 Å². The van der Waals surface area contributed by atoms with E-state index in [0.29, 0.717) is 24.5 Å². The van der Waals surface area contributed by atoms with Crippen LogP contribution in [0.1, 0.15) is 31.4 Å². The molecule has 0 aromatic carbocycles. The summed E-state index contributed by atoms with van der Waals surface area (Å²) in [5.41, 5.74) is 0.870. The minimum Gasteiger partial charge on any atom is -0.366 e. The summed E-state index contributed by atoms with van der Waals surface area (Å²) in [4.78, 5) is 0. The number of rotatable bonds is 3. The molecule has 1 saturated carbocycles. The van der Waals surface area contributed by atoms with Gasteiger partial charge in [-0.1, -0.05) is 6.42 Å². The van der Waals surface area contributed by atoms with Crippen LogP contribution in [-0.2, 0) is 0 Å². The number of hydrogen-bond donors (Lipinski definition) is 1. The highest BCUT2D eigenvalue weighted by Gasteiger charge is 2.42. The van der Waals surface area contributed by atoms with Crippen molar-refractivity contribution in [2.45, 2.75) is 44.8 Å². The van der Waals surface area contributed by atoms with Gasteiger partial charge in [0.2, 0.25) is 0 Å². The molecular formula is C15H18F3N5. The second-order valence-electron chi connectivity index (χ2n) is 5.92. The molecule has 1 aliphatic carbocycles. The standard InChI is InChI=1S/C15H18F3N5/c1-10-7-8-23(22-10)14-6-5-13(20-21-14)19-12-4-2-3-11(9-12)15(16,17)18/h5-8,11-12H,2-4,9H2,1H3,(H,19,20). The van der Waals surface area contributed by atoms with Gasteiger partial charge >= 0.3 is 6.18 Å². The fraction of sp³-hybridized carbons (Fsp3) is 0.533. The van der Waals surface area contributed by atoms with E-state index >= 15 is 0 Å². The highest BCUT2D eigenvalue weighted by molar-refractivity contribution is 5.37. The maximum absolute atomic E-state index is 12.8. The molecule has 0 saturated heterocycles. The number of halogens is 3. The smallest absolute Gasteiger partial charge is 0.366 e. The first-order valence-corrected chi connectivity index (χ1v) is 7.61. The largest absolute Gasteiger partial charge is 0.391 e. The highest BCUT2D eigenvalue weighted by Crippen LogP contribution is 2.38. The molecule has 0 aliphatic heterocycles. The van der Waals surface area contributed by atoms with Crippen LogP contribution in [0.3, 0.4) is 0 Å². The van der Waals surface area contributed by atoms with Gasteiger partial charge in [-0.25, -0.2) is 4.68 Å². The van der Waals surface area contributed by atoms with Gasteiger partial charge in [0, 0.05) is 12.2 Å². The van der Waals surface area contributed by atoms with Gasteiger partial charge in [0.25, 0.3) is 0 Å². The van der Waals surface area contributed by atoms with Gasteiger partial charge in [-0.05, 0) is 44.4 Å². The summed E-state index contributed by atoms with van der Waals surface area (Å²) in [5.74, 6) is -0.168. The lowest BCUT2D eigenvalue weighted by Crippen LogP contribution is -2.34. The molecule has 0 bridgehead atoms. The van der Waals surface area contributed by atoms with Crippen LogP contribution in [-0.4, -0.2) is 32.2 Å². The third-order valence-corrected chi connectivity index (χ3v) is 4.10. The number of aromatic nitrogens is 4. The van der Waals surface area contributed by atoms with E-state index < -0.39 is 12.1 Å². The van der Waals surface area contributed by atoms with E-state index in [4.69, 9.17) is 0 Å². The van der Waals surface area contributed by atoms with Gasteiger partial charge < -0.3 is 5.32 Å². The van der Waals surface area contributed by atoms with Crippen LogP contribution in [0.25, 0.3) is 5.82 Å². The first kappa shape index (κ1) is 15.8. The van der Waals surface area contributed by atoms with Crippen LogP contribution in [0.2, 0.25) is 0 Å². The number of anilines is 1.